The maximum atomic E-state index is 13.2. The van der Waals surface area contributed by atoms with E-state index in [0.717, 1.165) is 24.8 Å². The highest BCUT2D eigenvalue weighted by atomic mass is 32.2. The predicted molar refractivity (Wildman–Crippen MR) is 108 cm³/mol. The van der Waals surface area contributed by atoms with Crippen LogP contribution in [0.15, 0.2) is 53.4 Å². The van der Waals surface area contributed by atoms with Gasteiger partial charge in [-0.05, 0) is 61.7 Å². The molecule has 2 rings (SSSR count). The van der Waals surface area contributed by atoms with E-state index in [1.54, 1.807) is 43.3 Å². The lowest BCUT2D eigenvalue weighted by Crippen LogP contribution is -2.32. The topological polar surface area (TPSA) is 63.7 Å². The Balaban J connectivity index is 2.37. The standard InChI is InChI=1S/C21H27NO4S/c1-4-7-16-22(19-12-10-18(11-13-19)21(23)26-6-3)27(24,25)20-14-8-17(5-2)9-15-20/h8-15H,4-7,16H2,1-3H3. The van der Waals surface area contributed by atoms with Crippen LogP contribution in [-0.2, 0) is 21.2 Å². The number of carbonyl (C=O) groups excluding carboxylic acids is 1. The van der Waals surface area contributed by atoms with Gasteiger partial charge in [-0.2, -0.15) is 0 Å². The molecule has 2 aromatic carbocycles. The number of aryl methyl sites for hydroxylation is 1. The normalized spacial score (nSPS) is 11.2. The highest BCUT2D eigenvalue weighted by Gasteiger charge is 2.24. The monoisotopic (exact) mass is 389 g/mol. The molecule has 27 heavy (non-hydrogen) atoms. The number of carbonyl (C=O) groups is 1. The van der Waals surface area contributed by atoms with E-state index in [1.165, 1.54) is 4.31 Å². The quantitative estimate of drug-likeness (QED) is 0.596. The van der Waals surface area contributed by atoms with Crippen LogP contribution >= 0.6 is 0 Å². The number of unbranched alkanes of at least 4 members (excludes halogenated alkanes) is 1. The zero-order chi connectivity index (χ0) is 19.9. The highest BCUT2D eigenvalue weighted by Crippen LogP contribution is 2.25. The summed E-state index contributed by atoms with van der Waals surface area (Å²) in [6.07, 6.45) is 2.48. The molecule has 0 heterocycles. The summed E-state index contributed by atoms with van der Waals surface area (Å²) in [6.45, 7) is 6.47. The fourth-order valence-electron chi connectivity index (χ4n) is 2.69. The first-order chi connectivity index (χ1) is 12.9. The van der Waals surface area contributed by atoms with E-state index >= 15 is 0 Å². The van der Waals surface area contributed by atoms with Crippen LogP contribution in [-0.4, -0.2) is 27.5 Å². The number of nitrogens with zero attached hydrogens (tertiary/aromatic N) is 1. The van der Waals surface area contributed by atoms with Crippen molar-refractivity contribution in [3.8, 4) is 0 Å². The molecule has 0 aliphatic rings. The summed E-state index contributed by atoms with van der Waals surface area (Å²) < 4.78 is 32.8. The van der Waals surface area contributed by atoms with Crippen LogP contribution in [0.3, 0.4) is 0 Å². The maximum Gasteiger partial charge on any atom is 0.338 e. The third kappa shape index (κ3) is 5.10. The third-order valence-corrected chi connectivity index (χ3v) is 6.14. The molecule has 0 saturated heterocycles. The molecule has 0 aliphatic carbocycles. The minimum Gasteiger partial charge on any atom is -0.462 e. The molecule has 0 aliphatic heterocycles. The molecule has 0 saturated carbocycles. The number of hydrogen-bond donors (Lipinski definition) is 0. The molecule has 0 radical (unpaired) electrons. The number of benzene rings is 2. The van der Waals surface area contributed by atoms with E-state index < -0.39 is 16.0 Å². The summed E-state index contributed by atoms with van der Waals surface area (Å²) in [5, 5.41) is 0. The fraction of sp³-hybridized carbons (Fsp3) is 0.381. The number of anilines is 1. The largest absolute Gasteiger partial charge is 0.462 e. The van der Waals surface area contributed by atoms with E-state index in [4.69, 9.17) is 4.74 Å². The number of sulfonamides is 1. The summed E-state index contributed by atoms with van der Waals surface area (Å²) in [7, 11) is -3.68. The Labute approximate surface area is 162 Å². The van der Waals surface area contributed by atoms with Crippen molar-refractivity contribution in [2.45, 2.75) is 44.9 Å². The van der Waals surface area contributed by atoms with Crippen molar-refractivity contribution in [3.05, 3.63) is 59.7 Å². The van der Waals surface area contributed by atoms with Gasteiger partial charge >= 0.3 is 5.97 Å². The molecule has 0 amide bonds. The second-order valence-corrected chi connectivity index (χ2v) is 8.06. The van der Waals surface area contributed by atoms with Gasteiger partial charge in [-0.15, -0.1) is 0 Å². The average molecular weight is 390 g/mol. The van der Waals surface area contributed by atoms with Gasteiger partial charge in [0.15, 0.2) is 0 Å². The summed E-state index contributed by atoms with van der Waals surface area (Å²) in [6, 6.07) is 13.5. The van der Waals surface area contributed by atoms with Gasteiger partial charge in [0.1, 0.15) is 0 Å². The van der Waals surface area contributed by atoms with Crippen LogP contribution in [0.2, 0.25) is 0 Å². The average Bonchev–Trinajstić information content (AvgIpc) is 2.69. The van der Waals surface area contributed by atoms with Crippen LogP contribution in [0.25, 0.3) is 0 Å². The second kappa shape index (κ2) is 9.55. The molecule has 5 nitrogen and oxygen atoms in total. The van der Waals surface area contributed by atoms with Crippen molar-refractivity contribution < 1.29 is 17.9 Å². The first-order valence-corrected chi connectivity index (χ1v) is 10.8. The Bertz CT molecular complexity index is 843. The van der Waals surface area contributed by atoms with Gasteiger partial charge < -0.3 is 4.74 Å². The lowest BCUT2D eigenvalue weighted by Gasteiger charge is -2.24. The molecule has 146 valence electrons. The molecule has 0 unspecified atom stereocenters. The van der Waals surface area contributed by atoms with Crippen molar-refractivity contribution in [3.63, 3.8) is 0 Å². The van der Waals surface area contributed by atoms with E-state index in [1.807, 2.05) is 26.0 Å². The van der Waals surface area contributed by atoms with E-state index in [9.17, 15) is 13.2 Å². The third-order valence-electron chi connectivity index (χ3n) is 4.30. The van der Waals surface area contributed by atoms with Crippen LogP contribution in [0.5, 0.6) is 0 Å². The van der Waals surface area contributed by atoms with Crippen molar-refractivity contribution in [1.82, 2.24) is 0 Å². The molecule has 0 fully saturated rings. The van der Waals surface area contributed by atoms with E-state index in [0.29, 0.717) is 24.4 Å². The molecule has 0 N–H and O–H groups in total. The first kappa shape index (κ1) is 21.0. The van der Waals surface area contributed by atoms with Crippen LogP contribution < -0.4 is 4.31 Å². The summed E-state index contributed by atoms with van der Waals surface area (Å²) in [5.74, 6) is -0.415. The van der Waals surface area contributed by atoms with Crippen LogP contribution in [0.4, 0.5) is 5.69 Å². The Kier molecular flexibility index (Phi) is 7.42. The molecule has 0 bridgehead atoms. The minimum absolute atomic E-state index is 0.269. The van der Waals surface area contributed by atoms with Gasteiger partial charge in [0, 0.05) is 6.54 Å². The molecule has 0 spiro atoms. The van der Waals surface area contributed by atoms with Gasteiger partial charge in [0.25, 0.3) is 10.0 Å². The minimum atomic E-state index is -3.68. The zero-order valence-electron chi connectivity index (χ0n) is 16.1. The molecule has 2 aromatic rings. The first-order valence-electron chi connectivity index (χ1n) is 9.32. The lowest BCUT2D eigenvalue weighted by molar-refractivity contribution is 0.0526. The van der Waals surface area contributed by atoms with Crippen molar-refractivity contribution in [1.29, 1.82) is 0 Å². The van der Waals surface area contributed by atoms with Crippen LogP contribution in [0, 0.1) is 0 Å². The van der Waals surface area contributed by atoms with Crippen LogP contribution in [0.1, 0.15) is 49.5 Å². The SMILES string of the molecule is CCCCN(c1ccc(C(=O)OCC)cc1)S(=O)(=O)c1ccc(CC)cc1. The lowest BCUT2D eigenvalue weighted by atomic mass is 10.2. The molecule has 0 aromatic heterocycles. The summed E-state index contributed by atoms with van der Waals surface area (Å²) >= 11 is 0. The number of ether oxygens (including phenoxy) is 1. The van der Waals surface area contributed by atoms with Crippen molar-refractivity contribution >= 4 is 21.7 Å². The van der Waals surface area contributed by atoms with Crippen molar-refractivity contribution in [2.75, 3.05) is 17.5 Å². The highest BCUT2D eigenvalue weighted by molar-refractivity contribution is 7.92. The summed E-state index contributed by atoms with van der Waals surface area (Å²) in [4.78, 5) is 12.1. The van der Waals surface area contributed by atoms with Gasteiger partial charge in [-0.25, -0.2) is 13.2 Å². The van der Waals surface area contributed by atoms with Crippen molar-refractivity contribution in [2.24, 2.45) is 0 Å². The molecule has 0 atom stereocenters. The zero-order valence-corrected chi connectivity index (χ0v) is 17.0. The maximum absolute atomic E-state index is 13.2. The smallest absolute Gasteiger partial charge is 0.338 e. The summed E-state index contributed by atoms with van der Waals surface area (Å²) in [5.41, 5.74) is 2.03. The molecular formula is C21H27NO4S. The Morgan fingerprint density at radius 2 is 1.59 bits per heavy atom. The molecule has 6 heteroatoms. The number of hydrogen-bond acceptors (Lipinski definition) is 4. The van der Waals surface area contributed by atoms with E-state index in [2.05, 4.69) is 0 Å². The predicted octanol–water partition coefficient (Wildman–Crippen LogP) is 4.42. The Morgan fingerprint density at radius 1 is 0.963 bits per heavy atom. The number of esters is 1. The van der Waals surface area contributed by atoms with Gasteiger partial charge in [-0.1, -0.05) is 32.4 Å². The molecular weight excluding hydrogens is 362 g/mol. The Morgan fingerprint density at radius 3 is 2.11 bits per heavy atom. The van der Waals surface area contributed by atoms with Gasteiger partial charge in [-0.3, -0.25) is 4.31 Å². The fourth-order valence-corrected chi connectivity index (χ4v) is 4.20. The second-order valence-electron chi connectivity index (χ2n) is 6.20. The Hall–Kier alpha value is -2.34. The van der Waals surface area contributed by atoms with Gasteiger partial charge in [0.2, 0.25) is 0 Å². The van der Waals surface area contributed by atoms with Gasteiger partial charge in [0.05, 0.1) is 22.8 Å². The van der Waals surface area contributed by atoms with E-state index in [-0.39, 0.29) is 4.90 Å². The number of rotatable bonds is 9.